The van der Waals surface area contributed by atoms with Gasteiger partial charge < -0.3 is 10.5 Å². The molecule has 2 rings (SSSR count). The predicted octanol–water partition coefficient (Wildman–Crippen LogP) is 1.13. The van der Waals surface area contributed by atoms with Gasteiger partial charge in [-0.25, -0.2) is 4.79 Å². The Bertz CT molecular complexity index is 1070. The number of ether oxygens (including phenoxy) is 1. The molecule has 11 heteroatoms. The van der Waals surface area contributed by atoms with Gasteiger partial charge in [0.2, 0.25) is 0 Å². The van der Waals surface area contributed by atoms with Crippen LogP contribution in [0.5, 0.6) is 0 Å². The summed E-state index contributed by atoms with van der Waals surface area (Å²) in [6.07, 6.45) is 3.15. The quantitative estimate of drug-likeness (QED) is 0.352. The summed E-state index contributed by atoms with van der Waals surface area (Å²) in [6, 6.07) is 5.74. The van der Waals surface area contributed by atoms with Gasteiger partial charge in [-0.05, 0) is 18.1 Å². The molecule has 0 spiro atoms. The van der Waals surface area contributed by atoms with Crippen LogP contribution in [0, 0.1) is 10.1 Å². The third-order valence-electron chi connectivity index (χ3n) is 4.22. The summed E-state index contributed by atoms with van der Waals surface area (Å²) >= 11 is 0. The number of carbonyl (C=O) groups excluding carboxylic acids is 1. The standard InChI is InChI=1S/C19H23N5O6/c1-3-9-23-17(20)16(18(26)21-19(23)27)22(10-11-30-2)15(25)8-7-13-5-4-6-14(12-13)24(28)29/h4-8,12H,3,9-11,20H2,1-2H3,(H,21,26,27)/b8-7-. The molecular weight excluding hydrogens is 394 g/mol. The molecule has 0 fully saturated rings. The largest absolute Gasteiger partial charge is 0.383 e. The Kier molecular flexibility index (Phi) is 7.64. The first-order valence-corrected chi connectivity index (χ1v) is 9.15. The van der Waals surface area contributed by atoms with Gasteiger partial charge in [0.25, 0.3) is 17.2 Å². The Balaban J connectivity index is 2.45. The maximum absolute atomic E-state index is 12.9. The Morgan fingerprint density at radius 2 is 2.13 bits per heavy atom. The number of aromatic amines is 1. The SMILES string of the molecule is CCCn1c(N)c(N(CCOC)C(=O)/C=C\c2cccc([N+](=O)[O-])c2)c(=O)[nH]c1=O. The van der Waals surface area contributed by atoms with Gasteiger partial charge in [-0.2, -0.15) is 0 Å². The van der Waals surface area contributed by atoms with Gasteiger partial charge in [0.05, 0.1) is 11.5 Å². The molecule has 2 aromatic rings. The summed E-state index contributed by atoms with van der Waals surface area (Å²) in [5.74, 6) is -0.726. The number of H-pyrrole nitrogens is 1. The molecule has 1 aromatic heterocycles. The van der Waals surface area contributed by atoms with Crippen molar-refractivity contribution < 1.29 is 14.5 Å². The number of hydrogen-bond donors (Lipinski definition) is 2. The highest BCUT2D eigenvalue weighted by atomic mass is 16.6. The monoisotopic (exact) mass is 417 g/mol. The molecule has 0 bridgehead atoms. The highest BCUT2D eigenvalue weighted by Crippen LogP contribution is 2.18. The number of nitrogens with zero attached hydrogens (tertiary/aromatic N) is 3. The van der Waals surface area contributed by atoms with Crippen LogP contribution < -0.4 is 21.9 Å². The summed E-state index contributed by atoms with van der Waals surface area (Å²) in [7, 11) is 1.44. The van der Waals surface area contributed by atoms with Gasteiger partial charge in [-0.1, -0.05) is 19.1 Å². The van der Waals surface area contributed by atoms with Gasteiger partial charge in [0.15, 0.2) is 5.69 Å². The van der Waals surface area contributed by atoms with Crippen LogP contribution in [0.3, 0.4) is 0 Å². The Labute approximate surface area is 171 Å². The first-order chi connectivity index (χ1) is 14.3. The zero-order chi connectivity index (χ0) is 22.3. The number of nitro benzene ring substituents is 1. The summed E-state index contributed by atoms with van der Waals surface area (Å²) in [5, 5.41) is 10.9. The minimum absolute atomic E-state index is 0.00617. The van der Waals surface area contributed by atoms with Crippen molar-refractivity contribution in [2.24, 2.45) is 0 Å². The highest BCUT2D eigenvalue weighted by molar-refractivity contribution is 6.05. The summed E-state index contributed by atoms with van der Waals surface area (Å²) in [4.78, 5) is 51.0. The van der Waals surface area contributed by atoms with Crippen LogP contribution in [0.4, 0.5) is 17.2 Å². The number of nitrogens with two attached hydrogens (primary N) is 1. The number of nitrogens with one attached hydrogen (secondary N) is 1. The van der Waals surface area contributed by atoms with E-state index in [-0.39, 0.29) is 36.9 Å². The van der Waals surface area contributed by atoms with Crippen molar-refractivity contribution in [1.82, 2.24) is 9.55 Å². The van der Waals surface area contributed by atoms with E-state index in [1.165, 1.54) is 42.0 Å². The van der Waals surface area contributed by atoms with E-state index in [1.54, 1.807) is 6.07 Å². The number of nitro groups is 1. The lowest BCUT2D eigenvalue weighted by Crippen LogP contribution is -2.42. The van der Waals surface area contributed by atoms with E-state index in [1.807, 2.05) is 6.92 Å². The van der Waals surface area contributed by atoms with Gasteiger partial charge >= 0.3 is 5.69 Å². The Morgan fingerprint density at radius 3 is 2.77 bits per heavy atom. The summed E-state index contributed by atoms with van der Waals surface area (Å²) < 4.78 is 6.20. The zero-order valence-electron chi connectivity index (χ0n) is 16.7. The minimum atomic E-state index is -0.793. The number of non-ortho nitro benzene ring substituents is 1. The molecular formula is C19H23N5O6. The molecule has 0 aliphatic rings. The fourth-order valence-corrected chi connectivity index (χ4v) is 2.80. The fourth-order valence-electron chi connectivity index (χ4n) is 2.80. The third kappa shape index (κ3) is 5.20. The maximum Gasteiger partial charge on any atom is 0.330 e. The number of nitrogen functional groups attached to an aromatic ring is 1. The van der Waals surface area contributed by atoms with E-state index in [0.717, 1.165) is 4.90 Å². The number of rotatable bonds is 9. The van der Waals surface area contributed by atoms with Gasteiger partial charge in [-0.15, -0.1) is 0 Å². The third-order valence-corrected chi connectivity index (χ3v) is 4.22. The summed E-state index contributed by atoms with van der Waals surface area (Å²) in [6.45, 7) is 2.23. The van der Waals surface area contributed by atoms with E-state index >= 15 is 0 Å². The van der Waals surface area contributed by atoms with E-state index in [4.69, 9.17) is 10.5 Å². The van der Waals surface area contributed by atoms with Crippen LogP contribution in [0.15, 0.2) is 39.9 Å². The van der Waals surface area contributed by atoms with Crippen LogP contribution >= 0.6 is 0 Å². The number of hydrogen-bond acceptors (Lipinski definition) is 7. The van der Waals surface area contributed by atoms with Crippen LogP contribution in [0.2, 0.25) is 0 Å². The first kappa shape index (κ1) is 22.6. The topological polar surface area (TPSA) is 154 Å². The van der Waals surface area contributed by atoms with Crippen LogP contribution in [-0.4, -0.2) is 40.6 Å². The molecule has 0 saturated carbocycles. The molecule has 0 radical (unpaired) electrons. The molecule has 0 unspecified atom stereocenters. The smallest absolute Gasteiger partial charge is 0.330 e. The van der Waals surface area contributed by atoms with Crippen molar-refractivity contribution in [3.63, 3.8) is 0 Å². The lowest BCUT2D eigenvalue weighted by Gasteiger charge is -2.23. The van der Waals surface area contributed by atoms with Crippen molar-refractivity contribution >= 4 is 29.2 Å². The maximum atomic E-state index is 12.9. The molecule has 1 heterocycles. The average Bonchev–Trinajstić information content (AvgIpc) is 2.71. The Hall–Kier alpha value is -3.73. The van der Waals surface area contributed by atoms with Crippen molar-refractivity contribution in [2.45, 2.75) is 19.9 Å². The average molecular weight is 417 g/mol. The molecule has 0 aliphatic carbocycles. The number of aromatic nitrogens is 2. The number of benzene rings is 1. The van der Waals surface area contributed by atoms with Crippen molar-refractivity contribution in [1.29, 1.82) is 0 Å². The molecule has 0 aliphatic heterocycles. The van der Waals surface area contributed by atoms with Crippen LogP contribution in [0.1, 0.15) is 18.9 Å². The molecule has 0 atom stereocenters. The second-order valence-corrected chi connectivity index (χ2v) is 6.31. The molecule has 160 valence electrons. The molecule has 1 aromatic carbocycles. The molecule has 11 nitrogen and oxygen atoms in total. The van der Waals surface area contributed by atoms with Crippen molar-refractivity contribution in [3.05, 3.63) is 66.9 Å². The van der Waals surface area contributed by atoms with Crippen LogP contribution in [-0.2, 0) is 16.1 Å². The lowest BCUT2D eigenvalue weighted by molar-refractivity contribution is -0.384. The van der Waals surface area contributed by atoms with E-state index < -0.39 is 22.1 Å². The van der Waals surface area contributed by atoms with Crippen molar-refractivity contribution in [3.8, 4) is 0 Å². The number of anilines is 2. The fraction of sp³-hybridized carbons (Fsp3) is 0.316. The van der Waals surface area contributed by atoms with Crippen molar-refractivity contribution in [2.75, 3.05) is 30.9 Å². The molecule has 0 saturated heterocycles. The number of amides is 1. The predicted molar refractivity (Wildman–Crippen MR) is 112 cm³/mol. The molecule has 3 N–H and O–H groups in total. The second-order valence-electron chi connectivity index (χ2n) is 6.31. The molecule has 1 amide bonds. The van der Waals surface area contributed by atoms with Crippen LogP contribution in [0.25, 0.3) is 6.08 Å². The van der Waals surface area contributed by atoms with Gasteiger partial charge in [-0.3, -0.25) is 34.2 Å². The zero-order valence-corrected chi connectivity index (χ0v) is 16.7. The second kappa shape index (κ2) is 10.2. The highest BCUT2D eigenvalue weighted by Gasteiger charge is 2.22. The van der Waals surface area contributed by atoms with E-state index in [9.17, 15) is 24.5 Å². The van der Waals surface area contributed by atoms with E-state index in [2.05, 4.69) is 4.98 Å². The number of methoxy groups -OCH3 is 1. The first-order valence-electron chi connectivity index (χ1n) is 9.15. The van der Waals surface area contributed by atoms with E-state index in [0.29, 0.717) is 12.0 Å². The van der Waals surface area contributed by atoms with Gasteiger partial charge in [0.1, 0.15) is 5.82 Å². The minimum Gasteiger partial charge on any atom is -0.383 e. The van der Waals surface area contributed by atoms with Gasteiger partial charge in [0, 0.05) is 38.4 Å². The number of carbonyl (C=O) groups is 1. The molecule has 30 heavy (non-hydrogen) atoms. The lowest BCUT2D eigenvalue weighted by atomic mass is 10.2. The normalized spacial score (nSPS) is 11.0. The Morgan fingerprint density at radius 1 is 1.40 bits per heavy atom. The summed E-state index contributed by atoms with van der Waals surface area (Å²) in [5.41, 5.74) is 4.76.